The Balaban J connectivity index is 1.41. The summed E-state index contributed by atoms with van der Waals surface area (Å²) < 4.78 is 10.8. The zero-order chi connectivity index (χ0) is 21.4. The molecule has 0 unspecified atom stereocenters. The average Bonchev–Trinajstić information content (AvgIpc) is 3.37. The van der Waals surface area contributed by atoms with E-state index in [1.165, 1.54) is 11.3 Å². The van der Waals surface area contributed by atoms with Crippen LogP contribution in [-0.2, 0) is 6.42 Å². The molecule has 5 rings (SSSR count). The predicted octanol–water partition coefficient (Wildman–Crippen LogP) is 5.65. The van der Waals surface area contributed by atoms with Crippen molar-refractivity contribution in [1.29, 1.82) is 5.26 Å². The summed E-state index contributed by atoms with van der Waals surface area (Å²) >= 11 is 1.44. The van der Waals surface area contributed by atoms with E-state index in [0.717, 1.165) is 38.3 Å². The van der Waals surface area contributed by atoms with Gasteiger partial charge < -0.3 is 14.8 Å². The summed E-state index contributed by atoms with van der Waals surface area (Å²) in [6.45, 7) is 2.16. The third-order valence-electron chi connectivity index (χ3n) is 5.40. The molecule has 1 aliphatic heterocycles. The van der Waals surface area contributed by atoms with Crippen molar-refractivity contribution in [2.24, 2.45) is 0 Å². The van der Waals surface area contributed by atoms with Crippen molar-refractivity contribution in [3.8, 4) is 17.6 Å². The van der Waals surface area contributed by atoms with Crippen LogP contribution in [-0.4, -0.2) is 12.7 Å². The van der Waals surface area contributed by atoms with Gasteiger partial charge in [-0.1, -0.05) is 36.4 Å². The van der Waals surface area contributed by atoms with Gasteiger partial charge in [0.1, 0.15) is 11.1 Å². The number of benzene rings is 3. The number of anilines is 1. The zero-order valence-electron chi connectivity index (χ0n) is 16.8. The number of rotatable bonds is 4. The van der Waals surface area contributed by atoms with Gasteiger partial charge >= 0.3 is 0 Å². The number of ether oxygens (including phenoxy) is 2. The largest absolute Gasteiger partial charge is 0.454 e. The first-order valence-corrected chi connectivity index (χ1v) is 10.6. The molecule has 1 aliphatic rings. The number of hydrogen-bond donors (Lipinski definition) is 1. The van der Waals surface area contributed by atoms with Crippen molar-refractivity contribution in [3.63, 3.8) is 0 Å². The second-order valence-electron chi connectivity index (χ2n) is 7.35. The molecule has 0 aliphatic carbocycles. The lowest BCUT2D eigenvalue weighted by molar-refractivity contribution is 0.102. The Morgan fingerprint density at radius 3 is 2.71 bits per heavy atom. The maximum absolute atomic E-state index is 12.9. The number of thiophene rings is 1. The highest BCUT2D eigenvalue weighted by atomic mass is 32.1. The van der Waals surface area contributed by atoms with Gasteiger partial charge in [0.2, 0.25) is 6.79 Å². The van der Waals surface area contributed by atoms with Gasteiger partial charge in [0.05, 0.1) is 5.56 Å². The number of nitriles is 1. The Bertz CT molecular complexity index is 1370. The molecule has 0 bridgehead atoms. The fourth-order valence-electron chi connectivity index (χ4n) is 3.69. The molecule has 5 nitrogen and oxygen atoms in total. The van der Waals surface area contributed by atoms with Gasteiger partial charge in [-0.3, -0.25) is 4.79 Å². The zero-order valence-corrected chi connectivity index (χ0v) is 17.6. The smallest absolute Gasteiger partial charge is 0.256 e. The third kappa shape index (κ3) is 3.60. The number of fused-ring (bicyclic) bond motifs is 2. The Morgan fingerprint density at radius 1 is 1.06 bits per heavy atom. The van der Waals surface area contributed by atoms with Crippen molar-refractivity contribution in [2.75, 3.05) is 12.1 Å². The second-order valence-corrected chi connectivity index (χ2v) is 8.45. The molecule has 0 radical (unpaired) electrons. The maximum atomic E-state index is 12.9. The lowest BCUT2D eigenvalue weighted by atomic mass is 10.1. The molecule has 0 spiro atoms. The van der Waals surface area contributed by atoms with Crippen LogP contribution in [0.4, 0.5) is 5.00 Å². The first kappa shape index (κ1) is 19.2. The Morgan fingerprint density at radius 2 is 1.87 bits per heavy atom. The lowest BCUT2D eigenvalue weighted by Gasteiger charge is -2.05. The summed E-state index contributed by atoms with van der Waals surface area (Å²) in [5.74, 6) is 1.25. The summed E-state index contributed by atoms with van der Waals surface area (Å²) in [4.78, 5) is 13.9. The van der Waals surface area contributed by atoms with Crippen LogP contribution in [0.15, 0.2) is 60.7 Å². The highest BCUT2D eigenvalue weighted by Gasteiger charge is 2.19. The highest BCUT2D eigenvalue weighted by Crippen LogP contribution is 2.37. The molecule has 3 aromatic carbocycles. The number of carbonyl (C=O) groups is 1. The molecule has 2 heterocycles. The van der Waals surface area contributed by atoms with Crippen LogP contribution in [0.1, 0.15) is 31.9 Å². The van der Waals surface area contributed by atoms with E-state index < -0.39 is 0 Å². The van der Waals surface area contributed by atoms with Gasteiger partial charge in [0, 0.05) is 16.9 Å². The topological polar surface area (TPSA) is 71.3 Å². The number of hydrogen-bond acceptors (Lipinski definition) is 5. The van der Waals surface area contributed by atoms with Crippen molar-refractivity contribution in [3.05, 3.63) is 87.8 Å². The number of nitrogens with one attached hydrogen (secondary N) is 1. The first-order valence-electron chi connectivity index (χ1n) is 9.83. The van der Waals surface area contributed by atoms with Gasteiger partial charge in [-0.25, -0.2) is 0 Å². The van der Waals surface area contributed by atoms with Crippen molar-refractivity contribution < 1.29 is 14.3 Å². The number of nitrogens with zero attached hydrogens (tertiary/aromatic N) is 1. The quantitative estimate of drug-likeness (QED) is 0.457. The summed E-state index contributed by atoms with van der Waals surface area (Å²) in [5, 5.41) is 15.3. The molecule has 0 saturated heterocycles. The van der Waals surface area contributed by atoms with Gasteiger partial charge in [-0.05, 0) is 53.1 Å². The van der Waals surface area contributed by atoms with Gasteiger partial charge in [0.15, 0.2) is 11.5 Å². The molecule has 0 fully saturated rings. The van der Waals surface area contributed by atoms with E-state index in [9.17, 15) is 10.1 Å². The Hall–Kier alpha value is -3.82. The van der Waals surface area contributed by atoms with Crippen LogP contribution in [0.5, 0.6) is 11.5 Å². The van der Waals surface area contributed by atoms with Crippen molar-refractivity contribution >= 4 is 33.0 Å². The van der Waals surface area contributed by atoms with Crippen LogP contribution in [0.3, 0.4) is 0 Å². The summed E-state index contributed by atoms with van der Waals surface area (Å²) in [5.41, 5.74) is 3.02. The van der Waals surface area contributed by atoms with Crippen molar-refractivity contribution in [2.45, 2.75) is 13.3 Å². The van der Waals surface area contributed by atoms with E-state index >= 15 is 0 Å². The fourth-order valence-corrected chi connectivity index (χ4v) is 4.88. The number of carbonyl (C=O) groups excluding carboxylic acids is 1. The molecule has 152 valence electrons. The molecule has 6 heteroatoms. The van der Waals surface area contributed by atoms with E-state index in [1.54, 1.807) is 6.07 Å². The molecule has 1 amide bonds. The Kier molecular flexibility index (Phi) is 4.81. The molecule has 0 saturated carbocycles. The monoisotopic (exact) mass is 426 g/mol. The normalized spacial score (nSPS) is 12.0. The Labute approximate surface area is 183 Å². The minimum atomic E-state index is -0.224. The minimum Gasteiger partial charge on any atom is -0.454 e. The van der Waals surface area contributed by atoms with Gasteiger partial charge in [-0.15, -0.1) is 11.3 Å². The maximum Gasteiger partial charge on any atom is 0.256 e. The van der Waals surface area contributed by atoms with E-state index in [2.05, 4.69) is 11.4 Å². The summed E-state index contributed by atoms with van der Waals surface area (Å²) in [6.07, 6.45) is 0.646. The highest BCUT2D eigenvalue weighted by molar-refractivity contribution is 7.16. The molecule has 31 heavy (non-hydrogen) atoms. The first-order chi connectivity index (χ1) is 15.1. The van der Waals surface area contributed by atoms with E-state index in [1.807, 2.05) is 61.5 Å². The van der Waals surface area contributed by atoms with E-state index in [4.69, 9.17) is 9.47 Å². The fraction of sp³-hybridized carbons (Fsp3) is 0.120. The SMILES string of the molecule is Cc1c(Cc2ccc3c(c2)OCO3)sc(NC(=O)c2ccc3ccccc3c2)c1C#N. The average molecular weight is 426 g/mol. The molecular formula is C25H18N2O3S. The van der Waals surface area contributed by atoms with Crippen LogP contribution in [0.25, 0.3) is 10.8 Å². The molecule has 0 atom stereocenters. The van der Waals surface area contributed by atoms with Crippen LogP contribution in [0, 0.1) is 18.3 Å². The number of amides is 1. The minimum absolute atomic E-state index is 0.224. The van der Waals surface area contributed by atoms with E-state index in [0.29, 0.717) is 22.5 Å². The van der Waals surface area contributed by atoms with Crippen LogP contribution in [0.2, 0.25) is 0 Å². The van der Waals surface area contributed by atoms with Crippen LogP contribution < -0.4 is 14.8 Å². The molecule has 4 aromatic rings. The van der Waals surface area contributed by atoms with Gasteiger partial charge in [0.25, 0.3) is 5.91 Å². The summed E-state index contributed by atoms with van der Waals surface area (Å²) in [7, 11) is 0. The van der Waals surface area contributed by atoms with Crippen molar-refractivity contribution in [1.82, 2.24) is 0 Å². The standard InChI is InChI=1S/C25H18N2O3S/c1-15-20(13-26)25(27-24(28)19-8-7-17-4-2-3-5-18(17)12-19)31-23(15)11-16-6-9-21-22(10-16)30-14-29-21/h2-10,12H,11,14H2,1H3,(H,27,28). The van der Waals surface area contributed by atoms with Gasteiger partial charge in [-0.2, -0.15) is 5.26 Å². The summed E-state index contributed by atoms with van der Waals surface area (Å²) in [6, 6.07) is 21.6. The van der Waals surface area contributed by atoms with E-state index in [-0.39, 0.29) is 12.7 Å². The third-order valence-corrected chi connectivity index (χ3v) is 6.60. The second kappa shape index (κ2) is 7.78. The molecule has 1 N–H and O–H groups in total. The lowest BCUT2D eigenvalue weighted by Crippen LogP contribution is -2.11. The van der Waals surface area contributed by atoms with Crippen LogP contribution >= 0.6 is 11.3 Å². The molecular weight excluding hydrogens is 408 g/mol. The predicted molar refractivity (Wildman–Crippen MR) is 121 cm³/mol. The molecule has 1 aromatic heterocycles.